The Morgan fingerprint density at radius 3 is 2.14 bits per heavy atom. The van der Waals surface area contributed by atoms with Crippen LogP contribution in [0.2, 0.25) is 0 Å². The van der Waals surface area contributed by atoms with Gasteiger partial charge in [-0.25, -0.2) is 8.42 Å². The van der Waals surface area contributed by atoms with Gasteiger partial charge < -0.3 is 19.7 Å². The fraction of sp³-hybridized carbons (Fsp3) is 0.394. The molecular formula is C33H43N3O6S. The van der Waals surface area contributed by atoms with Crippen molar-refractivity contribution in [3.8, 4) is 11.5 Å². The number of ether oxygens (including phenoxy) is 2. The van der Waals surface area contributed by atoms with E-state index in [2.05, 4.69) is 5.32 Å². The van der Waals surface area contributed by atoms with Crippen molar-refractivity contribution in [3.63, 3.8) is 0 Å². The van der Waals surface area contributed by atoms with Crippen molar-refractivity contribution < 1.29 is 27.5 Å². The second kappa shape index (κ2) is 14.4. The van der Waals surface area contributed by atoms with Crippen LogP contribution in [0.4, 0.5) is 5.69 Å². The highest BCUT2D eigenvalue weighted by Crippen LogP contribution is 2.27. The number of carbonyl (C=O) groups excluding carboxylic acids is 2. The van der Waals surface area contributed by atoms with Crippen molar-refractivity contribution in [2.45, 2.75) is 71.0 Å². The lowest BCUT2D eigenvalue weighted by Crippen LogP contribution is -2.55. The molecule has 3 aromatic rings. The predicted molar refractivity (Wildman–Crippen MR) is 169 cm³/mol. The molecule has 0 radical (unpaired) electrons. The van der Waals surface area contributed by atoms with E-state index in [-0.39, 0.29) is 17.3 Å². The maximum atomic E-state index is 14.2. The Labute approximate surface area is 255 Å². The molecule has 0 bridgehead atoms. The van der Waals surface area contributed by atoms with Gasteiger partial charge in [-0.1, -0.05) is 36.8 Å². The number of aryl methyl sites for hydroxylation is 1. The molecule has 0 spiro atoms. The summed E-state index contributed by atoms with van der Waals surface area (Å²) < 4.78 is 40.1. The molecule has 0 saturated heterocycles. The van der Waals surface area contributed by atoms with Crippen LogP contribution < -0.4 is 19.1 Å². The summed E-state index contributed by atoms with van der Waals surface area (Å²) in [5.41, 5.74) is 1.41. The lowest BCUT2D eigenvalue weighted by molar-refractivity contribution is -0.141. The Kier molecular flexibility index (Phi) is 11.2. The van der Waals surface area contributed by atoms with E-state index < -0.39 is 34.1 Å². The highest BCUT2D eigenvalue weighted by Gasteiger charge is 2.34. The van der Waals surface area contributed by atoms with Crippen LogP contribution in [-0.2, 0) is 26.2 Å². The van der Waals surface area contributed by atoms with E-state index in [1.54, 1.807) is 61.7 Å². The van der Waals surface area contributed by atoms with Gasteiger partial charge in [-0.2, -0.15) is 0 Å². The molecule has 2 amide bonds. The molecule has 0 fully saturated rings. The van der Waals surface area contributed by atoms with Crippen molar-refractivity contribution in [1.29, 1.82) is 0 Å². The molecule has 0 aliphatic carbocycles. The average molecular weight is 610 g/mol. The molecule has 43 heavy (non-hydrogen) atoms. The molecule has 0 aromatic heterocycles. The van der Waals surface area contributed by atoms with E-state index >= 15 is 0 Å². The number of benzene rings is 3. The maximum Gasteiger partial charge on any atom is 0.264 e. The lowest BCUT2D eigenvalue weighted by atomic mass is 10.1. The summed E-state index contributed by atoms with van der Waals surface area (Å²) in [7, 11) is -2.61. The number of rotatable bonds is 13. The number of hydrogen-bond acceptors (Lipinski definition) is 6. The van der Waals surface area contributed by atoms with Gasteiger partial charge in [-0.3, -0.25) is 13.9 Å². The zero-order chi connectivity index (χ0) is 31.8. The van der Waals surface area contributed by atoms with Gasteiger partial charge in [0.1, 0.15) is 24.1 Å². The normalized spacial score (nSPS) is 12.3. The monoisotopic (exact) mass is 609 g/mol. The predicted octanol–water partition coefficient (Wildman–Crippen LogP) is 5.32. The number of nitrogens with zero attached hydrogens (tertiary/aromatic N) is 2. The molecular weight excluding hydrogens is 566 g/mol. The van der Waals surface area contributed by atoms with Crippen molar-refractivity contribution in [3.05, 3.63) is 83.9 Å². The van der Waals surface area contributed by atoms with Gasteiger partial charge in [0, 0.05) is 12.1 Å². The summed E-state index contributed by atoms with van der Waals surface area (Å²) in [6.45, 7) is 11.2. The zero-order valence-electron chi connectivity index (χ0n) is 26.1. The van der Waals surface area contributed by atoms with Gasteiger partial charge in [0.05, 0.1) is 24.3 Å². The van der Waals surface area contributed by atoms with Crippen LogP contribution >= 0.6 is 0 Å². The Bertz CT molecular complexity index is 1480. The first kappa shape index (κ1) is 33.5. The van der Waals surface area contributed by atoms with Gasteiger partial charge in [-0.05, 0) is 95.1 Å². The molecule has 0 aliphatic rings. The molecule has 3 rings (SSSR count). The van der Waals surface area contributed by atoms with Crippen LogP contribution in [0.5, 0.6) is 11.5 Å². The number of methoxy groups -OCH3 is 1. The molecule has 3 aromatic carbocycles. The van der Waals surface area contributed by atoms with Crippen molar-refractivity contribution in [2.24, 2.45) is 0 Å². The maximum absolute atomic E-state index is 14.2. The number of carbonyl (C=O) groups is 2. The van der Waals surface area contributed by atoms with Crippen molar-refractivity contribution >= 4 is 27.5 Å². The summed E-state index contributed by atoms with van der Waals surface area (Å²) in [5, 5.41) is 2.98. The third-order valence-electron chi connectivity index (χ3n) is 6.69. The minimum atomic E-state index is -4.17. The first-order chi connectivity index (χ1) is 20.3. The van der Waals surface area contributed by atoms with Crippen LogP contribution in [-0.4, -0.2) is 57.0 Å². The lowest BCUT2D eigenvalue weighted by Gasteiger charge is -2.34. The summed E-state index contributed by atoms with van der Waals surface area (Å²) in [6.07, 6.45) is 0.325. The SMILES string of the molecule is CCOc1ccc(N(CC(=O)N(Cc2cccc(OC)c2)[C@@H](CC)C(=O)NC(C)(C)C)S(=O)(=O)c2ccc(C)cc2)cc1. The van der Waals surface area contributed by atoms with Crippen LogP contribution in [0.3, 0.4) is 0 Å². The Morgan fingerprint density at radius 1 is 0.930 bits per heavy atom. The quantitative estimate of drug-likeness (QED) is 0.281. The van der Waals surface area contributed by atoms with Crippen LogP contribution in [0.25, 0.3) is 0 Å². The van der Waals surface area contributed by atoms with Crippen LogP contribution in [0.1, 0.15) is 52.2 Å². The summed E-state index contributed by atoms with van der Waals surface area (Å²) in [5.74, 6) is 0.341. The average Bonchev–Trinajstić information content (AvgIpc) is 2.95. The highest BCUT2D eigenvalue weighted by molar-refractivity contribution is 7.92. The van der Waals surface area contributed by atoms with E-state index in [1.165, 1.54) is 17.0 Å². The second-order valence-electron chi connectivity index (χ2n) is 11.3. The van der Waals surface area contributed by atoms with Gasteiger partial charge in [0.15, 0.2) is 0 Å². The molecule has 1 N–H and O–H groups in total. The summed E-state index contributed by atoms with van der Waals surface area (Å²) in [6, 6.07) is 19.4. The molecule has 10 heteroatoms. The molecule has 232 valence electrons. The molecule has 9 nitrogen and oxygen atoms in total. The third-order valence-corrected chi connectivity index (χ3v) is 8.48. The van der Waals surface area contributed by atoms with Crippen LogP contribution in [0.15, 0.2) is 77.7 Å². The zero-order valence-corrected chi connectivity index (χ0v) is 26.9. The van der Waals surface area contributed by atoms with E-state index in [9.17, 15) is 18.0 Å². The van der Waals surface area contributed by atoms with Gasteiger partial charge >= 0.3 is 0 Å². The van der Waals surface area contributed by atoms with E-state index in [0.29, 0.717) is 30.2 Å². The number of nitrogens with one attached hydrogen (secondary N) is 1. The smallest absolute Gasteiger partial charge is 0.264 e. The highest BCUT2D eigenvalue weighted by atomic mass is 32.2. The van der Waals surface area contributed by atoms with E-state index in [4.69, 9.17) is 9.47 Å². The minimum absolute atomic E-state index is 0.0525. The fourth-order valence-electron chi connectivity index (χ4n) is 4.58. The molecule has 0 unspecified atom stereocenters. The third kappa shape index (κ3) is 8.97. The Morgan fingerprint density at radius 2 is 1.58 bits per heavy atom. The largest absolute Gasteiger partial charge is 0.497 e. The summed E-state index contributed by atoms with van der Waals surface area (Å²) in [4.78, 5) is 29.2. The molecule has 0 saturated carbocycles. The van der Waals surface area contributed by atoms with Gasteiger partial charge in [0.2, 0.25) is 11.8 Å². The van der Waals surface area contributed by atoms with Crippen molar-refractivity contribution in [1.82, 2.24) is 10.2 Å². The molecule has 1 atom stereocenters. The number of amides is 2. The van der Waals surface area contributed by atoms with Crippen molar-refractivity contribution in [2.75, 3.05) is 24.6 Å². The second-order valence-corrected chi connectivity index (χ2v) is 13.2. The molecule has 0 aliphatic heterocycles. The van der Waals surface area contributed by atoms with Crippen LogP contribution in [0, 0.1) is 6.92 Å². The van der Waals surface area contributed by atoms with E-state index in [1.807, 2.05) is 47.6 Å². The summed E-state index contributed by atoms with van der Waals surface area (Å²) >= 11 is 0. The molecule has 0 heterocycles. The Balaban J connectivity index is 2.08. The fourth-order valence-corrected chi connectivity index (χ4v) is 6.00. The Hall–Kier alpha value is -4.05. The van der Waals surface area contributed by atoms with Gasteiger partial charge in [-0.15, -0.1) is 0 Å². The minimum Gasteiger partial charge on any atom is -0.497 e. The first-order valence-corrected chi connectivity index (χ1v) is 15.8. The topological polar surface area (TPSA) is 105 Å². The number of hydrogen-bond donors (Lipinski definition) is 1. The standard InChI is InChI=1S/C33H43N3O6S/c1-8-30(32(38)34-33(4,5)6)35(22-25-11-10-12-28(21-25)41-7)31(37)23-36(26-15-17-27(18-16-26)42-9-2)43(39,40)29-19-13-24(3)14-20-29/h10-21,30H,8-9,22-23H2,1-7H3,(H,34,38)/t30-/m0/s1. The van der Waals surface area contributed by atoms with E-state index in [0.717, 1.165) is 15.4 Å². The number of anilines is 1. The van der Waals surface area contributed by atoms with Gasteiger partial charge in [0.25, 0.3) is 10.0 Å². The number of sulfonamides is 1. The first-order valence-electron chi connectivity index (χ1n) is 14.4.